The van der Waals surface area contributed by atoms with Gasteiger partial charge in [0.15, 0.2) is 5.78 Å². The van der Waals surface area contributed by atoms with Crippen molar-refractivity contribution in [1.29, 1.82) is 0 Å². The van der Waals surface area contributed by atoms with E-state index in [9.17, 15) is 9.59 Å². The number of benzene rings is 1. The maximum atomic E-state index is 11.6. The number of ketones is 1. The Labute approximate surface area is 93.8 Å². The number of amides is 1. The second-order valence-corrected chi connectivity index (χ2v) is 3.80. The van der Waals surface area contributed by atoms with Crippen LogP contribution in [0.15, 0.2) is 18.2 Å². The summed E-state index contributed by atoms with van der Waals surface area (Å²) in [5, 5.41) is 0. The zero-order valence-corrected chi connectivity index (χ0v) is 9.32. The molecular weight excluding hydrogens is 206 g/mol. The molecule has 0 N–H and O–H groups in total. The molecule has 0 saturated carbocycles. The Morgan fingerprint density at radius 3 is 2.62 bits per heavy atom. The van der Waals surface area contributed by atoms with Gasteiger partial charge in [-0.3, -0.25) is 9.59 Å². The molecule has 1 heterocycles. The lowest BCUT2D eigenvalue weighted by molar-refractivity contribution is -0.121. The fourth-order valence-electron chi connectivity index (χ4n) is 1.92. The van der Waals surface area contributed by atoms with Gasteiger partial charge in [-0.05, 0) is 19.1 Å². The number of rotatable bonds is 2. The maximum absolute atomic E-state index is 11.6. The van der Waals surface area contributed by atoms with Crippen LogP contribution in [0.5, 0.6) is 5.75 Å². The number of methoxy groups -OCH3 is 1. The summed E-state index contributed by atoms with van der Waals surface area (Å²) in [6, 6.07) is 5.48. The molecule has 0 atom stereocenters. The first-order chi connectivity index (χ1) is 7.63. The number of hydrogen-bond acceptors (Lipinski definition) is 3. The average molecular weight is 219 g/mol. The van der Waals surface area contributed by atoms with Crippen LogP contribution < -0.4 is 9.64 Å². The van der Waals surface area contributed by atoms with E-state index in [1.165, 1.54) is 4.90 Å². The summed E-state index contributed by atoms with van der Waals surface area (Å²) in [5.41, 5.74) is 1.64. The van der Waals surface area contributed by atoms with Gasteiger partial charge in [0.25, 0.3) is 0 Å². The quantitative estimate of drug-likeness (QED) is 0.704. The van der Waals surface area contributed by atoms with E-state index in [4.69, 9.17) is 4.74 Å². The fourth-order valence-corrected chi connectivity index (χ4v) is 1.92. The Bertz CT molecular complexity index is 454. The molecule has 0 aliphatic carbocycles. The molecule has 1 aliphatic heterocycles. The summed E-state index contributed by atoms with van der Waals surface area (Å²) in [5.74, 6) is 0.554. The van der Waals surface area contributed by atoms with Crippen molar-refractivity contribution < 1.29 is 14.3 Å². The molecule has 2 rings (SSSR count). The highest BCUT2D eigenvalue weighted by molar-refractivity contribution is 6.15. The molecule has 1 saturated heterocycles. The van der Waals surface area contributed by atoms with Crippen LogP contribution in [0, 0.1) is 6.92 Å². The molecule has 0 aromatic heterocycles. The van der Waals surface area contributed by atoms with Crippen LogP contribution in [-0.4, -0.2) is 25.3 Å². The second kappa shape index (κ2) is 3.96. The van der Waals surface area contributed by atoms with Gasteiger partial charge in [-0.1, -0.05) is 6.07 Å². The molecule has 1 amide bonds. The van der Waals surface area contributed by atoms with Crippen molar-refractivity contribution in [2.75, 3.05) is 18.6 Å². The monoisotopic (exact) mass is 219 g/mol. The zero-order chi connectivity index (χ0) is 11.7. The topological polar surface area (TPSA) is 46.6 Å². The number of ether oxygens (including phenoxy) is 1. The molecule has 0 radical (unpaired) electrons. The molecule has 1 fully saturated rings. The highest BCUT2D eigenvalue weighted by Crippen LogP contribution is 2.30. The molecule has 0 bridgehead atoms. The maximum Gasteiger partial charge on any atom is 0.234 e. The Morgan fingerprint density at radius 1 is 1.31 bits per heavy atom. The van der Waals surface area contributed by atoms with E-state index in [1.54, 1.807) is 7.11 Å². The van der Waals surface area contributed by atoms with Crippen molar-refractivity contribution in [3.05, 3.63) is 23.8 Å². The predicted octanol–water partition coefficient (Wildman–Crippen LogP) is 1.31. The van der Waals surface area contributed by atoms with E-state index in [1.807, 2.05) is 25.1 Å². The Morgan fingerprint density at radius 2 is 2.06 bits per heavy atom. The molecule has 16 heavy (non-hydrogen) atoms. The van der Waals surface area contributed by atoms with Crippen LogP contribution in [0.2, 0.25) is 0 Å². The lowest BCUT2D eigenvalue weighted by Gasteiger charge is -2.18. The van der Waals surface area contributed by atoms with E-state index in [0.717, 1.165) is 17.0 Å². The van der Waals surface area contributed by atoms with Gasteiger partial charge in [0.1, 0.15) is 5.75 Å². The minimum absolute atomic E-state index is 0.0106. The van der Waals surface area contributed by atoms with E-state index >= 15 is 0 Å². The average Bonchev–Trinajstić information content (AvgIpc) is 2.58. The Balaban J connectivity index is 2.41. The number of nitrogens with zero attached hydrogens (tertiary/aromatic N) is 1. The molecule has 1 aromatic carbocycles. The lowest BCUT2D eigenvalue weighted by Crippen LogP contribution is -2.25. The van der Waals surface area contributed by atoms with Crippen LogP contribution in [0.1, 0.15) is 12.0 Å². The molecule has 1 aromatic rings. The number of carbonyl (C=O) groups excluding carboxylic acids is 2. The summed E-state index contributed by atoms with van der Waals surface area (Å²) >= 11 is 0. The first-order valence-electron chi connectivity index (χ1n) is 5.09. The highest BCUT2D eigenvalue weighted by atomic mass is 16.5. The first kappa shape index (κ1) is 10.7. The predicted molar refractivity (Wildman–Crippen MR) is 59.7 cm³/mol. The van der Waals surface area contributed by atoms with Crippen LogP contribution in [0.3, 0.4) is 0 Å². The number of carbonyl (C=O) groups is 2. The minimum Gasteiger partial charge on any atom is -0.496 e. The van der Waals surface area contributed by atoms with Gasteiger partial charge < -0.3 is 9.64 Å². The standard InChI is InChI=1S/C12H13NO3/c1-8-10(4-3-5-11(8)16-2)13-7-9(14)6-12(13)15/h3-5H,6-7H2,1-2H3. The normalized spacial score (nSPS) is 15.8. The van der Waals surface area contributed by atoms with Gasteiger partial charge in [0.2, 0.25) is 5.91 Å². The zero-order valence-electron chi connectivity index (χ0n) is 9.32. The van der Waals surface area contributed by atoms with Gasteiger partial charge in [-0.15, -0.1) is 0 Å². The fraction of sp³-hybridized carbons (Fsp3) is 0.333. The van der Waals surface area contributed by atoms with Crippen molar-refractivity contribution in [3.63, 3.8) is 0 Å². The second-order valence-electron chi connectivity index (χ2n) is 3.80. The summed E-state index contributed by atoms with van der Waals surface area (Å²) < 4.78 is 5.18. The third kappa shape index (κ3) is 1.66. The first-order valence-corrected chi connectivity index (χ1v) is 5.09. The highest BCUT2D eigenvalue weighted by Gasteiger charge is 2.29. The van der Waals surface area contributed by atoms with Crippen molar-refractivity contribution >= 4 is 17.4 Å². The van der Waals surface area contributed by atoms with Gasteiger partial charge in [0.05, 0.1) is 25.8 Å². The molecule has 84 valence electrons. The third-order valence-electron chi connectivity index (χ3n) is 2.75. The third-order valence-corrected chi connectivity index (χ3v) is 2.75. The van der Waals surface area contributed by atoms with Gasteiger partial charge in [0, 0.05) is 5.56 Å². The molecule has 4 heteroatoms. The SMILES string of the molecule is COc1cccc(N2CC(=O)CC2=O)c1C. The molecule has 1 aliphatic rings. The summed E-state index contributed by atoms with van der Waals surface area (Å²) in [6.07, 6.45) is 0.0106. The molecule has 0 spiro atoms. The summed E-state index contributed by atoms with van der Waals surface area (Å²) in [7, 11) is 1.59. The number of Topliss-reactive ketones (excluding diaryl/α,β-unsaturated/α-hetero) is 1. The van der Waals surface area contributed by atoms with E-state index in [-0.39, 0.29) is 24.7 Å². The van der Waals surface area contributed by atoms with Crippen LogP contribution in [-0.2, 0) is 9.59 Å². The smallest absolute Gasteiger partial charge is 0.234 e. The van der Waals surface area contributed by atoms with Crippen molar-refractivity contribution in [1.82, 2.24) is 0 Å². The van der Waals surface area contributed by atoms with Gasteiger partial charge in [-0.2, -0.15) is 0 Å². The van der Waals surface area contributed by atoms with Crippen molar-refractivity contribution in [3.8, 4) is 5.75 Å². The van der Waals surface area contributed by atoms with Crippen molar-refractivity contribution in [2.24, 2.45) is 0 Å². The lowest BCUT2D eigenvalue weighted by atomic mass is 10.1. The van der Waals surface area contributed by atoms with Crippen LogP contribution in [0.4, 0.5) is 5.69 Å². The van der Waals surface area contributed by atoms with E-state index in [0.29, 0.717) is 0 Å². The van der Waals surface area contributed by atoms with E-state index < -0.39 is 0 Å². The summed E-state index contributed by atoms with van der Waals surface area (Å²) in [4.78, 5) is 24.3. The van der Waals surface area contributed by atoms with Crippen LogP contribution in [0.25, 0.3) is 0 Å². The minimum atomic E-state index is -0.138. The van der Waals surface area contributed by atoms with Gasteiger partial charge >= 0.3 is 0 Å². The Kier molecular flexibility index (Phi) is 2.64. The van der Waals surface area contributed by atoms with E-state index in [2.05, 4.69) is 0 Å². The number of hydrogen-bond donors (Lipinski definition) is 0. The number of anilines is 1. The molecule has 0 unspecified atom stereocenters. The van der Waals surface area contributed by atoms with Crippen LogP contribution >= 0.6 is 0 Å². The molecular formula is C12H13NO3. The Hall–Kier alpha value is -1.84. The van der Waals surface area contributed by atoms with Crippen molar-refractivity contribution in [2.45, 2.75) is 13.3 Å². The summed E-state index contributed by atoms with van der Waals surface area (Å²) in [6.45, 7) is 2.05. The van der Waals surface area contributed by atoms with Gasteiger partial charge in [-0.25, -0.2) is 0 Å². The molecule has 4 nitrogen and oxygen atoms in total. The largest absolute Gasteiger partial charge is 0.496 e.